The summed E-state index contributed by atoms with van der Waals surface area (Å²) < 4.78 is 10.7. The summed E-state index contributed by atoms with van der Waals surface area (Å²) in [4.78, 5) is 37.1. The maximum atomic E-state index is 12.7. The molecule has 0 heterocycles. The molecule has 0 aliphatic heterocycles. The number of nitrogens with one attached hydrogen (secondary N) is 1. The fraction of sp³-hybridized carbons (Fsp3) is 0.423. The van der Waals surface area contributed by atoms with Crippen LogP contribution in [0.4, 0.5) is 5.69 Å². The summed E-state index contributed by atoms with van der Waals surface area (Å²) in [5, 5.41) is 2.77. The minimum atomic E-state index is -0.597. The van der Waals surface area contributed by atoms with Crippen molar-refractivity contribution in [3.8, 4) is 5.75 Å². The molecule has 0 aliphatic rings. The number of anilines is 1. The van der Waals surface area contributed by atoms with Crippen molar-refractivity contribution in [2.24, 2.45) is 5.92 Å². The van der Waals surface area contributed by atoms with E-state index in [9.17, 15) is 14.4 Å². The Labute approximate surface area is 190 Å². The molecule has 6 nitrogen and oxygen atoms in total. The molecule has 0 bridgehead atoms. The highest BCUT2D eigenvalue weighted by atomic mass is 16.6. The number of methoxy groups -OCH3 is 1. The van der Waals surface area contributed by atoms with Gasteiger partial charge >= 0.3 is 5.97 Å². The van der Waals surface area contributed by atoms with E-state index < -0.39 is 17.5 Å². The third kappa shape index (κ3) is 7.84. The summed E-state index contributed by atoms with van der Waals surface area (Å²) >= 11 is 0. The second kappa shape index (κ2) is 10.9. The van der Waals surface area contributed by atoms with Crippen molar-refractivity contribution in [3.05, 3.63) is 59.2 Å². The molecule has 6 heteroatoms. The van der Waals surface area contributed by atoms with Gasteiger partial charge in [0.15, 0.2) is 5.78 Å². The van der Waals surface area contributed by atoms with Crippen molar-refractivity contribution >= 4 is 23.3 Å². The van der Waals surface area contributed by atoms with E-state index in [1.807, 2.05) is 25.1 Å². The predicted octanol–water partition coefficient (Wildman–Crippen LogP) is 5.13. The molecule has 1 N–H and O–H groups in total. The topological polar surface area (TPSA) is 81.7 Å². The van der Waals surface area contributed by atoms with Crippen LogP contribution in [0.25, 0.3) is 0 Å². The number of amides is 1. The number of benzene rings is 2. The van der Waals surface area contributed by atoms with E-state index in [-0.39, 0.29) is 18.1 Å². The quantitative estimate of drug-likeness (QED) is 0.433. The third-order valence-corrected chi connectivity index (χ3v) is 4.88. The minimum absolute atomic E-state index is 0.00233. The molecule has 0 unspecified atom stereocenters. The molecule has 0 aliphatic carbocycles. The molecule has 0 aromatic heterocycles. The van der Waals surface area contributed by atoms with Crippen LogP contribution in [0.1, 0.15) is 62.0 Å². The van der Waals surface area contributed by atoms with Crippen LogP contribution in [0.3, 0.4) is 0 Å². The zero-order valence-corrected chi connectivity index (χ0v) is 19.8. The number of ketones is 1. The Hall–Kier alpha value is -3.15. The molecule has 172 valence electrons. The summed E-state index contributed by atoms with van der Waals surface area (Å²) in [6, 6.07) is 12.8. The first-order chi connectivity index (χ1) is 15.0. The van der Waals surface area contributed by atoms with Crippen molar-refractivity contribution in [1.82, 2.24) is 0 Å². The van der Waals surface area contributed by atoms with Gasteiger partial charge < -0.3 is 14.8 Å². The zero-order chi connectivity index (χ0) is 23.9. The van der Waals surface area contributed by atoms with Crippen molar-refractivity contribution < 1.29 is 23.9 Å². The van der Waals surface area contributed by atoms with Gasteiger partial charge in [0.1, 0.15) is 11.4 Å². The third-order valence-electron chi connectivity index (χ3n) is 4.88. The summed E-state index contributed by atoms with van der Waals surface area (Å²) in [6.07, 6.45) is 0.946. The Bertz CT molecular complexity index is 974. The molecule has 1 atom stereocenters. The number of aryl methyl sites for hydroxylation is 2. The highest BCUT2D eigenvalue weighted by Crippen LogP contribution is 2.21. The molecule has 32 heavy (non-hydrogen) atoms. The highest BCUT2D eigenvalue weighted by molar-refractivity contribution is 5.99. The van der Waals surface area contributed by atoms with E-state index in [2.05, 4.69) is 5.32 Å². The summed E-state index contributed by atoms with van der Waals surface area (Å²) in [5.41, 5.74) is 2.53. The number of ether oxygens (including phenoxy) is 2. The molecular formula is C26H33NO5. The van der Waals surface area contributed by atoms with Crippen molar-refractivity contribution in [2.75, 3.05) is 12.4 Å². The standard InChI is InChI=1S/C26H33NO5/c1-17-10-11-19(15-23(17)31-6)12-13-22(28)20-8-7-9-21(16-20)27-24(29)14-18(2)25(30)32-26(3,4)5/h7-11,15-16,18H,12-14H2,1-6H3,(H,27,29)/t18-/m0/s1. The lowest BCUT2D eigenvalue weighted by atomic mass is 10.0. The van der Waals surface area contributed by atoms with Crippen LogP contribution in [0.2, 0.25) is 0 Å². The van der Waals surface area contributed by atoms with E-state index in [0.717, 1.165) is 16.9 Å². The van der Waals surface area contributed by atoms with Crippen LogP contribution < -0.4 is 10.1 Å². The Balaban J connectivity index is 1.94. The van der Waals surface area contributed by atoms with Crippen LogP contribution in [-0.4, -0.2) is 30.4 Å². The van der Waals surface area contributed by atoms with E-state index in [1.165, 1.54) is 0 Å². The maximum Gasteiger partial charge on any atom is 0.309 e. The predicted molar refractivity (Wildman–Crippen MR) is 125 cm³/mol. The first-order valence-electron chi connectivity index (χ1n) is 10.8. The lowest BCUT2D eigenvalue weighted by Gasteiger charge is -2.22. The number of rotatable bonds is 9. The van der Waals surface area contributed by atoms with Gasteiger partial charge in [0, 0.05) is 24.1 Å². The molecule has 2 aromatic carbocycles. The molecule has 1 amide bonds. The number of hydrogen-bond donors (Lipinski definition) is 1. The molecular weight excluding hydrogens is 406 g/mol. The average Bonchev–Trinajstić information content (AvgIpc) is 2.71. The number of hydrogen-bond acceptors (Lipinski definition) is 5. The van der Waals surface area contributed by atoms with Gasteiger partial charge in [-0.1, -0.05) is 31.2 Å². The Morgan fingerprint density at radius 2 is 1.78 bits per heavy atom. The molecule has 0 radical (unpaired) electrons. The Morgan fingerprint density at radius 1 is 1.06 bits per heavy atom. The van der Waals surface area contributed by atoms with E-state index >= 15 is 0 Å². The summed E-state index contributed by atoms with van der Waals surface area (Å²) in [6.45, 7) is 9.00. The molecule has 2 rings (SSSR count). The van der Waals surface area contributed by atoms with Crippen LogP contribution in [-0.2, 0) is 20.7 Å². The average molecular weight is 440 g/mol. The molecule has 0 saturated carbocycles. The molecule has 0 fully saturated rings. The van der Waals surface area contributed by atoms with E-state index in [0.29, 0.717) is 24.1 Å². The van der Waals surface area contributed by atoms with Gasteiger partial charge in [-0.3, -0.25) is 14.4 Å². The van der Waals surface area contributed by atoms with Gasteiger partial charge in [-0.2, -0.15) is 0 Å². The van der Waals surface area contributed by atoms with Gasteiger partial charge in [0.05, 0.1) is 13.0 Å². The summed E-state index contributed by atoms with van der Waals surface area (Å²) in [7, 11) is 1.63. The van der Waals surface area contributed by atoms with Crippen LogP contribution >= 0.6 is 0 Å². The van der Waals surface area contributed by atoms with Crippen LogP contribution in [0, 0.1) is 12.8 Å². The number of carbonyl (C=O) groups excluding carboxylic acids is 3. The van der Waals surface area contributed by atoms with Gasteiger partial charge in [-0.25, -0.2) is 0 Å². The second-order valence-corrected chi connectivity index (χ2v) is 8.99. The largest absolute Gasteiger partial charge is 0.496 e. The SMILES string of the molecule is COc1cc(CCC(=O)c2cccc(NC(=O)C[C@H](C)C(=O)OC(C)(C)C)c2)ccc1C. The molecule has 0 spiro atoms. The zero-order valence-electron chi connectivity index (χ0n) is 19.8. The second-order valence-electron chi connectivity index (χ2n) is 8.99. The number of carbonyl (C=O) groups is 3. The fourth-order valence-electron chi connectivity index (χ4n) is 3.17. The van der Waals surface area contributed by atoms with Crippen molar-refractivity contribution in [2.45, 2.75) is 59.5 Å². The Morgan fingerprint density at radius 3 is 2.44 bits per heavy atom. The monoisotopic (exact) mass is 439 g/mol. The van der Waals surface area contributed by atoms with Crippen molar-refractivity contribution in [1.29, 1.82) is 0 Å². The van der Waals surface area contributed by atoms with Crippen LogP contribution in [0.5, 0.6) is 5.75 Å². The van der Waals surface area contributed by atoms with E-state index in [1.54, 1.807) is 59.1 Å². The van der Waals surface area contributed by atoms with Gasteiger partial charge in [0.2, 0.25) is 5.91 Å². The summed E-state index contributed by atoms with van der Waals surface area (Å²) in [5.74, 6) is -0.488. The Kier molecular flexibility index (Phi) is 8.58. The lowest BCUT2D eigenvalue weighted by Crippen LogP contribution is -2.29. The first-order valence-corrected chi connectivity index (χ1v) is 10.8. The maximum absolute atomic E-state index is 12.7. The lowest BCUT2D eigenvalue weighted by molar-refractivity contribution is -0.160. The number of esters is 1. The smallest absolute Gasteiger partial charge is 0.309 e. The number of Topliss-reactive ketones (excluding diaryl/α,β-unsaturated/α-hetero) is 1. The van der Waals surface area contributed by atoms with Crippen LogP contribution in [0.15, 0.2) is 42.5 Å². The fourth-order valence-corrected chi connectivity index (χ4v) is 3.17. The van der Waals surface area contributed by atoms with E-state index in [4.69, 9.17) is 9.47 Å². The van der Waals surface area contributed by atoms with Gasteiger partial charge in [-0.05, 0) is 63.4 Å². The van der Waals surface area contributed by atoms with Gasteiger partial charge in [-0.15, -0.1) is 0 Å². The minimum Gasteiger partial charge on any atom is -0.496 e. The normalized spacial score (nSPS) is 12.1. The van der Waals surface area contributed by atoms with Crippen molar-refractivity contribution in [3.63, 3.8) is 0 Å². The first kappa shape index (κ1) is 25.1. The molecule has 0 saturated heterocycles. The molecule has 2 aromatic rings. The van der Waals surface area contributed by atoms with Gasteiger partial charge in [0.25, 0.3) is 0 Å². The highest BCUT2D eigenvalue weighted by Gasteiger charge is 2.23.